The summed E-state index contributed by atoms with van der Waals surface area (Å²) in [6.45, 7) is 2.51. The first-order valence-corrected chi connectivity index (χ1v) is 7.75. The first kappa shape index (κ1) is 14.0. The molecule has 0 spiro atoms. The average Bonchev–Trinajstić information content (AvgIpc) is 2.98. The normalized spacial score (nSPS) is 16.0. The third kappa shape index (κ3) is 3.38. The van der Waals surface area contributed by atoms with Crippen LogP contribution in [0.5, 0.6) is 5.75 Å². The fraction of sp³-hybridized carbons (Fsp3) is 0.471. The molecule has 0 atom stereocenters. The Bertz CT molecular complexity index is 600. The van der Waals surface area contributed by atoms with Gasteiger partial charge in [-0.1, -0.05) is 25.3 Å². The van der Waals surface area contributed by atoms with Crippen LogP contribution in [-0.4, -0.2) is 9.78 Å². The van der Waals surface area contributed by atoms with Gasteiger partial charge in [-0.25, -0.2) is 0 Å². The lowest BCUT2D eigenvalue weighted by atomic mass is 9.96. The molecule has 2 aromatic rings. The molecule has 1 aromatic heterocycles. The van der Waals surface area contributed by atoms with Gasteiger partial charge >= 0.3 is 0 Å². The third-order valence-corrected chi connectivity index (χ3v) is 4.20. The molecule has 0 radical (unpaired) electrons. The van der Waals surface area contributed by atoms with Crippen molar-refractivity contribution in [3.63, 3.8) is 0 Å². The highest BCUT2D eigenvalue weighted by Crippen LogP contribution is 2.27. The van der Waals surface area contributed by atoms with E-state index < -0.39 is 0 Å². The molecule has 3 rings (SSSR count). The molecule has 0 aliphatic heterocycles. The highest BCUT2D eigenvalue weighted by atomic mass is 16.5. The molecule has 4 heteroatoms. The summed E-state index contributed by atoms with van der Waals surface area (Å²) in [5, 5.41) is 4.66. The Morgan fingerprint density at radius 2 is 2.05 bits per heavy atom. The Balaban J connectivity index is 1.63. The number of nitrogens with two attached hydrogens (primary N) is 1. The zero-order valence-corrected chi connectivity index (χ0v) is 12.6. The van der Waals surface area contributed by atoms with Gasteiger partial charge in [0.2, 0.25) is 0 Å². The SMILES string of the molecule is Cc1ccc(N)cc1OCc1ccn(C2CCCCC2)n1. The summed E-state index contributed by atoms with van der Waals surface area (Å²) >= 11 is 0. The molecule has 1 heterocycles. The molecule has 0 unspecified atom stereocenters. The minimum absolute atomic E-state index is 0.490. The van der Waals surface area contributed by atoms with E-state index in [9.17, 15) is 0 Å². The molecule has 1 saturated carbocycles. The second-order valence-electron chi connectivity index (χ2n) is 5.89. The average molecular weight is 285 g/mol. The largest absolute Gasteiger partial charge is 0.487 e. The van der Waals surface area contributed by atoms with E-state index in [2.05, 4.69) is 22.0 Å². The van der Waals surface area contributed by atoms with Crippen molar-refractivity contribution in [1.82, 2.24) is 9.78 Å². The van der Waals surface area contributed by atoms with E-state index in [4.69, 9.17) is 10.5 Å². The maximum Gasteiger partial charge on any atom is 0.132 e. The lowest BCUT2D eigenvalue weighted by Crippen LogP contribution is -2.13. The molecule has 1 fully saturated rings. The monoisotopic (exact) mass is 285 g/mol. The van der Waals surface area contributed by atoms with Gasteiger partial charge in [-0.05, 0) is 37.5 Å². The summed E-state index contributed by atoms with van der Waals surface area (Å²) in [7, 11) is 0. The van der Waals surface area contributed by atoms with Crippen molar-refractivity contribution in [3.05, 3.63) is 41.7 Å². The van der Waals surface area contributed by atoms with E-state index in [-0.39, 0.29) is 0 Å². The Morgan fingerprint density at radius 3 is 2.86 bits per heavy atom. The van der Waals surface area contributed by atoms with Crippen LogP contribution in [0.25, 0.3) is 0 Å². The van der Waals surface area contributed by atoms with Gasteiger partial charge in [0.05, 0.1) is 11.7 Å². The van der Waals surface area contributed by atoms with Crippen molar-refractivity contribution >= 4 is 5.69 Å². The van der Waals surface area contributed by atoms with E-state index in [1.54, 1.807) is 0 Å². The molecule has 2 N–H and O–H groups in total. The second kappa shape index (κ2) is 6.20. The summed E-state index contributed by atoms with van der Waals surface area (Å²) < 4.78 is 7.96. The van der Waals surface area contributed by atoms with Crippen LogP contribution in [0.4, 0.5) is 5.69 Å². The van der Waals surface area contributed by atoms with Gasteiger partial charge in [0.15, 0.2) is 0 Å². The number of nitrogens with zero attached hydrogens (tertiary/aromatic N) is 2. The maximum atomic E-state index is 5.85. The van der Waals surface area contributed by atoms with Crippen LogP contribution in [0, 0.1) is 6.92 Å². The highest BCUT2D eigenvalue weighted by molar-refractivity contribution is 5.47. The van der Waals surface area contributed by atoms with Gasteiger partial charge in [0, 0.05) is 18.0 Å². The van der Waals surface area contributed by atoms with Gasteiger partial charge in [0.25, 0.3) is 0 Å². The topological polar surface area (TPSA) is 53.1 Å². The van der Waals surface area contributed by atoms with Crippen LogP contribution in [0.15, 0.2) is 30.5 Å². The van der Waals surface area contributed by atoms with Crippen molar-refractivity contribution in [1.29, 1.82) is 0 Å². The van der Waals surface area contributed by atoms with Crippen LogP contribution in [0.3, 0.4) is 0 Å². The molecule has 0 saturated heterocycles. The van der Waals surface area contributed by atoms with Crippen LogP contribution >= 0.6 is 0 Å². The Kier molecular flexibility index (Phi) is 4.13. The summed E-state index contributed by atoms with van der Waals surface area (Å²) in [4.78, 5) is 0. The number of benzene rings is 1. The van der Waals surface area contributed by atoms with Crippen LogP contribution in [0.2, 0.25) is 0 Å². The molecule has 112 valence electrons. The van der Waals surface area contributed by atoms with Gasteiger partial charge < -0.3 is 10.5 Å². The summed E-state index contributed by atoms with van der Waals surface area (Å²) in [5.41, 5.74) is 8.59. The standard InChI is InChI=1S/C17H23N3O/c1-13-7-8-14(18)11-17(13)21-12-15-9-10-20(19-15)16-5-3-2-4-6-16/h7-11,16H,2-6,12,18H2,1H3. The van der Waals surface area contributed by atoms with E-state index in [1.165, 1.54) is 32.1 Å². The van der Waals surface area contributed by atoms with Crippen LogP contribution in [0.1, 0.15) is 49.4 Å². The number of aryl methyl sites for hydroxylation is 1. The number of hydrogen-bond acceptors (Lipinski definition) is 3. The van der Waals surface area contributed by atoms with Gasteiger partial charge in [0.1, 0.15) is 12.4 Å². The summed E-state index contributed by atoms with van der Waals surface area (Å²) in [6.07, 6.45) is 8.58. The molecule has 0 amide bonds. The smallest absolute Gasteiger partial charge is 0.132 e. The Morgan fingerprint density at radius 1 is 1.24 bits per heavy atom. The van der Waals surface area contributed by atoms with Crippen molar-refractivity contribution in [2.75, 3.05) is 5.73 Å². The number of hydrogen-bond donors (Lipinski definition) is 1. The number of rotatable bonds is 4. The third-order valence-electron chi connectivity index (χ3n) is 4.20. The van der Waals surface area contributed by atoms with Gasteiger partial charge in [-0.15, -0.1) is 0 Å². The minimum Gasteiger partial charge on any atom is -0.487 e. The quantitative estimate of drug-likeness (QED) is 0.868. The fourth-order valence-electron chi connectivity index (χ4n) is 2.93. The highest BCUT2D eigenvalue weighted by Gasteiger charge is 2.16. The van der Waals surface area contributed by atoms with E-state index in [1.807, 2.05) is 25.1 Å². The number of aromatic nitrogens is 2. The molecule has 4 nitrogen and oxygen atoms in total. The summed E-state index contributed by atoms with van der Waals surface area (Å²) in [5.74, 6) is 0.835. The van der Waals surface area contributed by atoms with Crippen molar-refractivity contribution in [3.8, 4) is 5.75 Å². The first-order chi connectivity index (χ1) is 10.2. The first-order valence-electron chi connectivity index (χ1n) is 7.75. The maximum absolute atomic E-state index is 5.85. The van der Waals surface area contributed by atoms with Gasteiger partial charge in [-0.2, -0.15) is 5.10 Å². The predicted octanol–water partition coefficient (Wildman–Crippen LogP) is 3.86. The molecular formula is C17H23N3O. The van der Waals surface area contributed by atoms with Crippen molar-refractivity contribution in [2.24, 2.45) is 0 Å². The molecule has 0 bridgehead atoms. The summed E-state index contributed by atoms with van der Waals surface area (Å²) in [6, 6.07) is 8.36. The molecule has 1 aliphatic carbocycles. The molecule has 1 aromatic carbocycles. The molecule has 21 heavy (non-hydrogen) atoms. The second-order valence-corrected chi connectivity index (χ2v) is 5.89. The van der Waals surface area contributed by atoms with Crippen molar-refractivity contribution < 1.29 is 4.74 Å². The van der Waals surface area contributed by atoms with Crippen molar-refractivity contribution in [2.45, 2.75) is 51.7 Å². The lowest BCUT2D eigenvalue weighted by Gasteiger charge is -2.21. The Hall–Kier alpha value is -1.97. The zero-order chi connectivity index (χ0) is 14.7. The fourth-order valence-corrected chi connectivity index (χ4v) is 2.93. The molecule has 1 aliphatic rings. The lowest BCUT2D eigenvalue weighted by molar-refractivity contribution is 0.289. The molecular weight excluding hydrogens is 262 g/mol. The van der Waals surface area contributed by atoms with E-state index in [0.29, 0.717) is 12.6 Å². The van der Waals surface area contributed by atoms with Crippen LogP contribution < -0.4 is 10.5 Å². The van der Waals surface area contributed by atoms with E-state index >= 15 is 0 Å². The Labute approximate surface area is 125 Å². The zero-order valence-electron chi connectivity index (χ0n) is 12.6. The number of nitrogen functional groups attached to an aromatic ring is 1. The number of ether oxygens (including phenoxy) is 1. The minimum atomic E-state index is 0.490. The van der Waals surface area contributed by atoms with E-state index in [0.717, 1.165) is 22.7 Å². The van der Waals surface area contributed by atoms with Crippen LogP contribution in [-0.2, 0) is 6.61 Å². The number of anilines is 1. The predicted molar refractivity (Wildman–Crippen MR) is 84.3 cm³/mol. The van der Waals surface area contributed by atoms with Gasteiger partial charge in [-0.3, -0.25) is 4.68 Å².